The third-order valence-electron chi connectivity index (χ3n) is 5.05. The highest BCUT2D eigenvalue weighted by Gasteiger charge is 2.14. The zero-order chi connectivity index (χ0) is 18.8. The molecule has 0 atom stereocenters. The van der Waals surface area contributed by atoms with Crippen LogP contribution in [-0.4, -0.2) is 13.0 Å². The molecule has 4 heteroatoms. The second-order valence-electron chi connectivity index (χ2n) is 7.18. The van der Waals surface area contributed by atoms with Gasteiger partial charge in [0.1, 0.15) is 4.90 Å². The first-order valence-electron chi connectivity index (χ1n) is 10.0. The van der Waals surface area contributed by atoms with Crippen LogP contribution in [0.25, 0.3) is 10.8 Å². The van der Waals surface area contributed by atoms with E-state index in [0.717, 1.165) is 23.8 Å². The molecule has 2 aromatic rings. The topological polar surface area (TPSA) is 54.4 Å². The summed E-state index contributed by atoms with van der Waals surface area (Å²) < 4.78 is 32.5. The lowest BCUT2D eigenvalue weighted by Crippen LogP contribution is -1.99. The van der Waals surface area contributed by atoms with Crippen LogP contribution >= 0.6 is 0 Å². The van der Waals surface area contributed by atoms with Gasteiger partial charge in [0.15, 0.2) is 0 Å². The Morgan fingerprint density at radius 1 is 0.731 bits per heavy atom. The highest BCUT2D eigenvalue weighted by atomic mass is 32.2. The zero-order valence-electron chi connectivity index (χ0n) is 15.9. The van der Waals surface area contributed by atoms with Crippen molar-refractivity contribution in [2.75, 3.05) is 0 Å². The van der Waals surface area contributed by atoms with Gasteiger partial charge in [0, 0.05) is 5.39 Å². The van der Waals surface area contributed by atoms with E-state index in [1.807, 2.05) is 12.1 Å². The first kappa shape index (κ1) is 20.9. The van der Waals surface area contributed by atoms with Crippen molar-refractivity contribution in [3.8, 4) is 0 Å². The molecule has 0 spiro atoms. The molecular weight excluding hydrogens is 344 g/mol. The quantitative estimate of drug-likeness (QED) is 0.337. The van der Waals surface area contributed by atoms with Gasteiger partial charge < -0.3 is 0 Å². The van der Waals surface area contributed by atoms with E-state index in [1.54, 1.807) is 12.1 Å². The fourth-order valence-electron chi connectivity index (χ4n) is 3.59. The molecule has 0 fully saturated rings. The Morgan fingerprint density at radius 2 is 1.27 bits per heavy atom. The standard InChI is InChI=1S/C22H32O3S/c1-2-3-4-5-6-7-8-9-10-11-14-19-15-12-17-21-20(19)16-13-18-22(21)26(23,24)25/h12-13,15-18H,2-11,14H2,1H3,(H,23,24,25). The Bertz CT molecular complexity index is 781. The Balaban J connectivity index is 1.81. The first-order valence-corrected chi connectivity index (χ1v) is 11.5. The van der Waals surface area contributed by atoms with Gasteiger partial charge in [-0.1, -0.05) is 95.0 Å². The van der Waals surface area contributed by atoms with E-state index in [9.17, 15) is 13.0 Å². The van der Waals surface area contributed by atoms with E-state index >= 15 is 0 Å². The highest BCUT2D eigenvalue weighted by Crippen LogP contribution is 2.26. The molecule has 3 nitrogen and oxygen atoms in total. The molecule has 0 amide bonds. The van der Waals surface area contributed by atoms with Crippen molar-refractivity contribution in [1.82, 2.24) is 0 Å². The maximum Gasteiger partial charge on any atom is 0.295 e. The SMILES string of the molecule is CCCCCCCCCCCCc1cccc2c(S(=O)(=O)O)cccc12. The molecule has 0 aromatic heterocycles. The van der Waals surface area contributed by atoms with Crippen LogP contribution in [0.15, 0.2) is 41.3 Å². The molecule has 0 saturated carbocycles. The summed E-state index contributed by atoms with van der Waals surface area (Å²) in [6, 6.07) is 10.8. The maximum atomic E-state index is 11.6. The zero-order valence-corrected chi connectivity index (χ0v) is 16.7. The molecule has 0 unspecified atom stereocenters. The van der Waals surface area contributed by atoms with Crippen molar-refractivity contribution in [3.63, 3.8) is 0 Å². The minimum absolute atomic E-state index is 0.0000713. The maximum absolute atomic E-state index is 11.6. The van der Waals surface area contributed by atoms with Gasteiger partial charge in [-0.15, -0.1) is 0 Å². The molecule has 0 aliphatic carbocycles. The molecule has 1 N–H and O–H groups in total. The number of fused-ring (bicyclic) bond motifs is 1. The predicted octanol–water partition coefficient (Wildman–Crippen LogP) is 6.55. The third kappa shape index (κ3) is 6.40. The predicted molar refractivity (Wildman–Crippen MR) is 109 cm³/mol. The summed E-state index contributed by atoms with van der Waals surface area (Å²) in [7, 11) is -4.19. The van der Waals surface area contributed by atoms with Crippen LogP contribution in [0.5, 0.6) is 0 Å². The van der Waals surface area contributed by atoms with Gasteiger partial charge >= 0.3 is 0 Å². The number of aryl methyl sites for hydroxylation is 1. The van der Waals surface area contributed by atoms with Crippen molar-refractivity contribution in [2.24, 2.45) is 0 Å². The van der Waals surface area contributed by atoms with Gasteiger partial charge in [0.2, 0.25) is 0 Å². The number of rotatable bonds is 12. The van der Waals surface area contributed by atoms with Crippen LogP contribution in [0.2, 0.25) is 0 Å². The van der Waals surface area contributed by atoms with Crippen molar-refractivity contribution < 1.29 is 13.0 Å². The van der Waals surface area contributed by atoms with Crippen LogP contribution in [0.1, 0.15) is 76.7 Å². The molecule has 0 aliphatic rings. The number of hydrogen-bond acceptors (Lipinski definition) is 2. The average molecular weight is 377 g/mol. The Labute approximate surface area is 158 Å². The van der Waals surface area contributed by atoms with Gasteiger partial charge in [-0.25, -0.2) is 0 Å². The van der Waals surface area contributed by atoms with E-state index in [0.29, 0.717) is 5.39 Å². The average Bonchev–Trinajstić information content (AvgIpc) is 2.62. The summed E-state index contributed by atoms with van der Waals surface area (Å²) in [5.74, 6) is 0. The third-order valence-corrected chi connectivity index (χ3v) is 5.96. The summed E-state index contributed by atoms with van der Waals surface area (Å²) in [6.07, 6.45) is 14.0. The Kier molecular flexibility index (Phi) is 8.60. The van der Waals surface area contributed by atoms with Crippen LogP contribution in [-0.2, 0) is 16.5 Å². The highest BCUT2D eigenvalue weighted by molar-refractivity contribution is 7.86. The van der Waals surface area contributed by atoms with Gasteiger partial charge in [-0.05, 0) is 29.9 Å². The van der Waals surface area contributed by atoms with E-state index in [4.69, 9.17) is 0 Å². The molecular formula is C22H32O3S. The smallest absolute Gasteiger partial charge is 0.282 e. The van der Waals surface area contributed by atoms with Gasteiger partial charge in [-0.2, -0.15) is 8.42 Å². The van der Waals surface area contributed by atoms with E-state index in [-0.39, 0.29) is 4.90 Å². The molecule has 0 bridgehead atoms. The van der Waals surface area contributed by atoms with Crippen molar-refractivity contribution in [1.29, 1.82) is 0 Å². The van der Waals surface area contributed by atoms with E-state index in [2.05, 4.69) is 13.0 Å². The second-order valence-corrected chi connectivity index (χ2v) is 8.57. The fourth-order valence-corrected chi connectivity index (χ4v) is 4.30. The molecule has 0 aliphatic heterocycles. The van der Waals surface area contributed by atoms with E-state index in [1.165, 1.54) is 63.9 Å². The van der Waals surface area contributed by atoms with E-state index < -0.39 is 10.1 Å². The number of unbranched alkanes of at least 4 members (excludes halogenated alkanes) is 9. The molecule has 144 valence electrons. The van der Waals surface area contributed by atoms with Crippen molar-refractivity contribution in [2.45, 2.75) is 82.4 Å². The van der Waals surface area contributed by atoms with Crippen LogP contribution < -0.4 is 0 Å². The summed E-state index contributed by atoms with van der Waals surface area (Å²) in [5, 5.41) is 1.54. The summed E-state index contributed by atoms with van der Waals surface area (Å²) >= 11 is 0. The van der Waals surface area contributed by atoms with Crippen LogP contribution in [0.4, 0.5) is 0 Å². The Hall–Kier alpha value is -1.39. The summed E-state index contributed by atoms with van der Waals surface area (Å²) in [6.45, 7) is 2.25. The molecule has 0 heterocycles. The number of benzene rings is 2. The van der Waals surface area contributed by atoms with Crippen molar-refractivity contribution >= 4 is 20.9 Å². The minimum Gasteiger partial charge on any atom is -0.282 e. The van der Waals surface area contributed by atoms with Crippen molar-refractivity contribution in [3.05, 3.63) is 42.0 Å². The first-order chi connectivity index (χ1) is 12.5. The van der Waals surface area contributed by atoms with Gasteiger partial charge in [0.05, 0.1) is 0 Å². The largest absolute Gasteiger partial charge is 0.295 e. The van der Waals surface area contributed by atoms with Gasteiger partial charge in [-0.3, -0.25) is 4.55 Å². The minimum atomic E-state index is -4.19. The van der Waals surface area contributed by atoms with Crippen LogP contribution in [0, 0.1) is 0 Å². The monoisotopic (exact) mass is 376 g/mol. The normalized spacial score (nSPS) is 11.9. The molecule has 0 radical (unpaired) electrons. The fraction of sp³-hybridized carbons (Fsp3) is 0.545. The molecule has 2 rings (SSSR count). The Morgan fingerprint density at radius 3 is 1.88 bits per heavy atom. The van der Waals surface area contributed by atoms with Crippen LogP contribution in [0.3, 0.4) is 0 Å². The van der Waals surface area contributed by atoms with Gasteiger partial charge in [0.25, 0.3) is 10.1 Å². The summed E-state index contributed by atoms with van der Waals surface area (Å²) in [5.41, 5.74) is 1.16. The number of hydrogen-bond donors (Lipinski definition) is 1. The summed E-state index contributed by atoms with van der Waals surface area (Å²) in [4.78, 5) is -0.0000713. The second kappa shape index (κ2) is 10.7. The lowest BCUT2D eigenvalue weighted by Gasteiger charge is -2.09. The lowest BCUT2D eigenvalue weighted by atomic mass is 9.99. The molecule has 0 saturated heterocycles. The molecule has 26 heavy (non-hydrogen) atoms. The molecule has 2 aromatic carbocycles. The lowest BCUT2D eigenvalue weighted by molar-refractivity contribution is 0.484.